The molecule has 0 N–H and O–H groups in total. The Morgan fingerprint density at radius 2 is 2.00 bits per heavy atom. The third-order valence-corrected chi connectivity index (χ3v) is 1.85. The van der Waals surface area contributed by atoms with Crippen molar-refractivity contribution in [3.8, 4) is 0 Å². The molecule has 0 nitrogen and oxygen atoms in total. The van der Waals surface area contributed by atoms with Gasteiger partial charge in [-0.3, -0.25) is 0 Å². The zero-order valence-corrected chi connectivity index (χ0v) is 9.75. The second kappa shape index (κ2) is 11.5. The van der Waals surface area contributed by atoms with Crippen LogP contribution in [0.5, 0.6) is 0 Å². The highest BCUT2D eigenvalue weighted by atomic mass is 32.2. The summed E-state index contributed by atoms with van der Waals surface area (Å²) in [5, 5.41) is 0. The van der Waals surface area contributed by atoms with Gasteiger partial charge in [0.25, 0.3) is 0 Å². The fourth-order valence-corrected chi connectivity index (χ4v) is 1.07. The summed E-state index contributed by atoms with van der Waals surface area (Å²) in [6, 6.07) is 0. The lowest BCUT2D eigenvalue weighted by Crippen LogP contribution is -1.75. The predicted molar refractivity (Wildman–Crippen MR) is 62.6 cm³/mol. The molecule has 0 radical (unpaired) electrons. The maximum atomic E-state index is 12.9. The fourth-order valence-electron chi connectivity index (χ4n) is 0.517. The van der Waals surface area contributed by atoms with E-state index in [4.69, 9.17) is 0 Å². The van der Waals surface area contributed by atoms with E-state index < -0.39 is 0 Å². The first-order valence-corrected chi connectivity index (χ1v) is 5.51. The summed E-state index contributed by atoms with van der Waals surface area (Å²) in [7, 11) is 0. The fraction of sp³-hybridized carbons (Fsp3) is 0.455. The third-order valence-electron chi connectivity index (χ3n) is 1.02. The van der Waals surface area contributed by atoms with Gasteiger partial charge in [-0.05, 0) is 18.8 Å². The minimum absolute atomic E-state index is 0.241. The van der Waals surface area contributed by atoms with Crippen molar-refractivity contribution < 1.29 is 4.39 Å². The van der Waals surface area contributed by atoms with Crippen molar-refractivity contribution in [2.45, 2.75) is 27.7 Å². The van der Waals surface area contributed by atoms with Crippen molar-refractivity contribution in [1.29, 1.82) is 0 Å². The largest absolute Gasteiger partial charge is 0.206 e. The van der Waals surface area contributed by atoms with Crippen LogP contribution in [-0.2, 0) is 0 Å². The summed E-state index contributed by atoms with van der Waals surface area (Å²) in [6.07, 6.45) is 4.87. The smallest absolute Gasteiger partial charge is 0.136 e. The van der Waals surface area contributed by atoms with Crippen molar-refractivity contribution >= 4 is 11.8 Å². The number of hydrogen-bond acceptors (Lipinski definition) is 1. The molecular weight excluding hydrogens is 183 g/mol. The molecule has 0 aliphatic carbocycles. The van der Waals surface area contributed by atoms with Gasteiger partial charge in [0.2, 0.25) is 0 Å². The molecule has 0 aromatic heterocycles. The lowest BCUT2D eigenvalue weighted by molar-refractivity contribution is 0.664. The number of hydrogen-bond donors (Lipinski definition) is 0. The van der Waals surface area contributed by atoms with E-state index >= 15 is 0 Å². The van der Waals surface area contributed by atoms with Crippen LogP contribution < -0.4 is 0 Å². The summed E-state index contributed by atoms with van der Waals surface area (Å²) < 4.78 is 12.9. The Kier molecular flexibility index (Phi) is 13.3. The molecule has 0 spiro atoms. The highest BCUT2D eigenvalue weighted by molar-refractivity contribution is 8.03. The van der Waals surface area contributed by atoms with Gasteiger partial charge in [0, 0.05) is 4.91 Å². The first-order chi connectivity index (χ1) is 6.22. The molecule has 0 bridgehead atoms. The van der Waals surface area contributed by atoms with Crippen LogP contribution in [-0.4, -0.2) is 5.75 Å². The van der Waals surface area contributed by atoms with Crippen LogP contribution in [0.3, 0.4) is 0 Å². The van der Waals surface area contributed by atoms with E-state index in [0.717, 1.165) is 5.75 Å². The molecule has 0 amide bonds. The van der Waals surface area contributed by atoms with Crippen LogP contribution in [0.25, 0.3) is 0 Å². The Labute approximate surface area is 85.6 Å². The molecule has 0 unspecified atom stereocenters. The van der Waals surface area contributed by atoms with Gasteiger partial charge in [-0.15, -0.1) is 11.8 Å². The van der Waals surface area contributed by atoms with Crippen LogP contribution in [0, 0.1) is 0 Å². The van der Waals surface area contributed by atoms with Gasteiger partial charge in [-0.1, -0.05) is 39.5 Å². The van der Waals surface area contributed by atoms with Crippen LogP contribution in [0.15, 0.2) is 35.5 Å². The monoisotopic (exact) mass is 202 g/mol. The minimum Gasteiger partial charge on any atom is -0.206 e. The normalized spacial score (nSPS) is 11.0. The van der Waals surface area contributed by atoms with E-state index in [1.807, 2.05) is 27.7 Å². The Balaban J connectivity index is 0. The quantitative estimate of drug-likeness (QED) is 0.595. The van der Waals surface area contributed by atoms with E-state index in [2.05, 4.69) is 6.58 Å². The zero-order chi connectivity index (χ0) is 10.7. The lowest BCUT2D eigenvalue weighted by Gasteiger charge is -1.97. The van der Waals surface area contributed by atoms with Gasteiger partial charge in [-0.25, -0.2) is 4.39 Å². The number of halogens is 1. The van der Waals surface area contributed by atoms with Crippen LogP contribution in [0.1, 0.15) is 27.7 Å². The SMILES string of the molecule is C=C(SCC)/C(F)=C\C=C/C.CC. The van der Waals surface area contributed by atoms with Gasteiger partial charge in [0.1, 0.15) is 5.83 Å². The highest BCUT2D eigenvalue weighted by Gasteiger charge is 1.97. The summed E-state index contributed by atoms with van der Waals surface area (Å²) in [5.74, 6) is 0.616. The number of thioether (sulfide) groups is 1. The molecule has 0 atom stereocenters. The Bertz CT molecular complexity index is 181. The van der Waals surface area contributed by atoms with Crippen molar-refractivity contribution in [1.82, 2.24) is 0 Å². The zero-order valence-electron chi connectivity index (χ0n) is 8.93. The second-order valence-electron chi connectivity index (χ2n) is 1.90. The van der Waals surface area contributed by atoms with Crippen LogP contribution in [0.2, 0.25) is 0 Å². The molecule has 0 saturated carbocycles. The van der Waals surface area contributed by atoms with Gasteiger partial charge in [-0.2, -0.15) is 0 Å². The Morgan fingerprint density at radius 1 is 1.46 bits per heavy atom. The lowest BCUT2D eigenvalue weighted by atomic mass is 10.4. The topological polar surface area (TPSA) is 0 Å². The van der Waals surface area contributed by atoms with Crippen molar-refractivity contribution in [2.24, 2.45) is 0 Å². The Hall–Kier alpha value is -0.500. The number of allylic oxidation sites excluding steroid dienone is 4. The highest BCUT2D eigenvalue weighted by Crippen LogP contribution is 2.22. The molecule has 0 aliphatic rings. The van der Waals surface area contributed by atoms with Crippen molar-refractivity contribution in [3.63, 3.8) is 0 Å². The molecule has 0 heterocycles. The van der Waals surface area contributed by atoms with E-state index in [-0.39, 0.29) is 5.83 Å². The average Bonchev–Trinajstić information content (AvgIpc) is 2.17. The molecule has 0 saturated heterocycles. The minimum atomic E-state index is -0.241. The van der Waals surface area contributed by atoms with E-state index in [1.165, 1.54) is 17.8 Å². The predicted octanol–water partition coefficient (Wildman–Crippen LogP) is 4.71. The van der Waals surface area contributed by atoms with E-state index in [0.29, 0.717) is 4.91 Å². The van der Waals surface area contributed by atoms with Gasteiger partial charge >= 0.3 is 0 Å². The van der Waals surface area contributed by atoms with Crippen LogP contribution in [0.4, 0.5) is 4.39 Å². The van der Waals surface area contributed by atoms with Gasteiger partial charge in [0.15, 0.2) is 0 Å². The van der Waals surface area contributed by atoms with Gasteiger partial charge < -0.3 is 0 Å². The molecule has 0 aromatic carbocycles. The standard InChI is InChI=1S/C9H13FS.C2H6/c1-4-6-7-9(10)8(3)11-5-2;1-2/h4,6-7H,3,5H2,1-2H3;1-2H3/b6-4-,9-7+;. The van der Waals surface area contributed by atoms with Crippen LogP contribution >= 0.6 is 11.8 Å². The maximum absolute atomic E-state index is 12.9. The number of rotatable bonds is 4. The maximum Gasteiger partial charge on any atom is 0.136 e. The molecule has 0 rings (SSSR count). The first kappa shape index (κ1) is 15.0. The summed E-state index contributed by atoms with van der Waals surface area (Å²) in [4.78, 5) is 0.505. The molecule has 0 aromatic rings. The molecule has 0 aliphatic heterocycles. The summed E-state index contributed by atoms with van der Waals surface area (Å²) in [5.41, 5.74) is 0. The van der Waals surface area contributed by atoms with Crippen molar-refractivity contribution in [3.05, 3.63) is 35.5 Å². The molecule has 0 fully saturated rings. The summed E-state index contributed by atoms with van der Waals surface area (Å²) >= 11 is 1.42. The van der Waals surface area contributed by atoms with E-state index in [1.54, 1.807) is 12.2 Å². The summed E-state index contributed by atoms with van der Waals surface area (Å²) in [6.45, 7) is 11.4. The molecule has 2 heteroatoms. The Morgan fingerprint density at radius 3 is 2.38 bits per heavy atom. The first-order valence-electron chi connectivity index (χ1n) is 4.53. The van der Waals surface area contributed by atoms with Gasteiger partial charge in [0.05, 0.1) is 0 Å². The van der Waals surface area contributed by atoms with Crippen molar-refractivity contribution in [2.75, 3.05) is 5.75 Å². The average molecular weight is 202 g/mol. The third kappa shape index (κ3) is 9.41. The molecular formula is C11H19FS. The molecule has 13 heavy (non-hydrogen) atoms. The second-order valence-corrected chi connectivity index (χ2v) is 3.26. The van der Waals surface area contributed by atoms with E-state index in [9.17, 15) is 4.39 Å². The molecule has 76 valence electrons.